The summed E-state index contributed by atoms with van der Waals surface area (Å²) in [6.45, 7) is 5.85. The number of fused-ring (bicyclic) bond motifs is 2. The van der Waals surface area contributed by atoms with Crippen molar-refractivity contribution in [2.45, 2.75) is 26.9 Å². The Kier molecular flexibility index (Phi) is 6.55. The van der Waals surface area contributed by atoms with Crippen molar-refractivity contribution in [2.75, 3.05) is 6.54 Å². The second kappa shape index (κ2) is 8.95. The van der Waals surface area contributed by atoms with Crippen molar-refractivity contribution in [3.05, 3.63) is 78.9 Å². The first-order valence-electron chi connectivity index (χ1n) is 9.29. The lowest BCUT2D eigenvalue weighted by molar-refractivity contribution is 0.603. The van der Waals surface area contributed by atoms with Crippen LogP contribution >= 0.6 is 24.0 Å². The molecule has 2 N–H and O–H groups in total. The van der Waals surface area contributed by atoms with Crippen molar-refractivity contribution in [1.82, 2.24) is 24.8 Å². The number of nitrogens with zero attached hydrogens (tertiary/aromatic N) is 3. The van der Waals surface area contributed by atoms with Crippen molar-refractivity contribution in [3.63, 3.8) is 0 Å². The van der Waals surface area contributed by atoms with Gasteiger partial charge in [0.15, 0.2) is 11.5 Å². The predicted molar refractivity (Wildman–Crippen MR) is 121 cm³/mol. The standard InChI is InChI=1S/C21H20ClN5O2.ClH/c1-12-9-16-17(10-13(12)2)27(19-18(24-16)20(28)26-21(29)25-19)8-7-23-11-14-3-5-15(22)6-4-14;/h3-6,9-10,23H,7-8,11H2,1-2H3,(H,26,28,29);1H. The first-order chi connectivity index (χ1) is 13.9. The molecule has 0 fully saturated rings. The van der Waals surface area contributed by atoms with E-state index in [-0.39, 0.29) is 18.1 Å². The van der Waals surface area contributed by atoms with E-state index in [1.165, 1.54) is 0 Å². The Morgan fingerprint density at radius 3 is 2.50 bits per heavy atom. The van der Waals surface area contributed by atoms with Gasteiger partial charge in [-0.05, 0) is 54.8 Å². The van der Waals surface area contributed by atoms with Crippen LogP contribution < -0.4 is 16.6 Å². The highest BCUT2D eigenvalue weighted by Crippen LogP contribution is 2.23. The minimum atomic E-state index is -0.671. The molecule has 0 saturated heterocycles. The van der Waals surface area contributed by atoms with Gasteiger partial charge in [-0.3, -0.25) is 9.78 Å². The van der Waals surface area contributed by atoms with Crippen molar-refractivity contribution < 1.29 is 0 Å². The van der Waals surface area contributed by atoms with Gasteiger partial charge >= 0.3 is 5.69 Å². The van der Waals surface area contributed by atoms with E-state index in [1.54, 1.807) is 0 Å². The van der Waals surface area contributed by atoms with E-state index < -0.39 is 11.2 Å². The Morgan fingerprint density at radius 2 is 1.77 bits per heavy atom. The fourth-order valence-corrected chi connectivity index (χ4v) is 3.43. The van der Waals surface area contributed by atoms with Crippen LogP contribution in [0.25, 0.3) is 22.6 Å². The highest BCUT2D eigenvalue weighted by molar-refractivity contribution is 6.30. The molecular weight excluding hydrogens is 425 g/mol. The summed E-state index contributed by atoms with van der Waals surface area (Å²) >= 11 is 5.92. The molecule has 0 aromatic heterocycles. The molecule has 156 valence electrons. The second-order valence-electron chi connectivity index (χ2n) is 7.04. The molecule has 0 bridgehead atoms. The highest BCUT2D eigenvalue weighted by Gasteiger charge is 2.18. The van der Waals surface area contributed by atoms with Crippen LogP contribution in [0.15, 0.2) is 46.0 Å². The molecule has 9 heteroatoms. The van der Waals surface area contributed by atoms with Crippen molar-refractivity contribution in [1.29, 1.82) is 0 Å². The Hall–Kier alpha value is -2.74. The minimum Gasteiger partial charge on any atom is -0.321 e. The van der Waals surface area contributed by atoms with E-state index in [2.05, 4.69) is 20.3 Å². The molecule has 2 aromatic carbocycles. The molecule has 2 heterocycles. The van der Waals surface area contributed by atoms with Crippen LogP contribution in [0, 0.1) is 13.8 Å². The summed E-state index contributed by atoms with van der Waals surface area (Å²) in [5, 5.41) is 4.08. The zero-order valence-corrected chi connectivity index (χ0v) is 18.1. The molecule has 7 nitrogen and oxygen atoms in total. The summed E-state index contributed by atoms with van der Waals surface area (Å²) in [6.07, 6.45) is 0. The summed E-state index contributed by atoms with van der Waals surface area (Å²) in [7, 11) is 0. The maximum Gasteiger partial charge on any atom is 0.349 e. The van der Waals surface area contributed by atoms with E-state index in [4.69, 9.17) is 11.6 Å². The van der Waals surface area contributed by atoms with E-state index in [9.17, 15) is 9.59 Å². The number of aromatic amines is 1. The zero-order valence-electron chi connectivity index (χ0n) is 16.5. The molecule has 30 heavy (non-hydrogen) atoms. The van der Waals surface area contributed by atoms with Gasteiger partial charge in [0.2, 0.25) is 0 Å². The van der Waals surface area contributed by atoms with Crippen molar-refractivity contribution in [2.24, 2.45) is 0 Å². The minimum absolute atomic E-state index is 0. The molecule has 0 aliphatic carbocycles. The number of halogens is 2. The maximum absolute atomic E-state index is 12.3. The molecule has 2 aliphatic rings. The lowest BCUT2D eigenvalue weighted by Crippen LogP contribution is -2.30. The number of aryl methyl sites for hydroxylation is 2. The molecule has 2 aliphatic heterocycles. The Morgan fingerprint density at radius 1 is 1.07 bits per heavy atom. The summed E-state index contributed by atoms with van der Waals surface area (Å²) < 4.78 is 1.88. The SMILES string of the molecule is Cc1cc2nc3c(=O)[nH]c(=O)nc-3n(CCNCc3ccc(Cl)cc3)c2cc1C.Cl. The Bertz CT molecular complexity index is 1280. The fraction of sp³-hybridized carbons (Fsp3) is 0.238. The summed E-state index contributed by atoms with van der Waals surface area (Å²) in [6, 6.07) is 11.6. The van der Waals surface area contributed by atoms with Gasteiger partial charge in [0, 0.05) is 24.7 Å². The third-order valence-corrected chi connectivity index (χ3v) is 5.23. The molecule has 0 amide bonds. The van der Waals surface area contributed by atoms with Gasteiger partial charge in [-0.15, -0.1) is 12.4 Å². The molecule has 2 aromatic rings. The lowest BCUT2D eigenvalue weighted by atomic mass is 10.1. The van der Waals surface area contributed by atoms with E-state index in [1.807, 2.05) is 54.8 Å². The van der Waals surface area contributed by atoms with E-state index in [0.29, 0.717) is 36.0 Å². The average molecular weight is 446 g/mol. The summed E-state index contributed by atoms with van der Waals surface area (Å²) in [5.41, 5.74) is 3.81. The molecule has 4 rings (SSSR count). The fourth-order valence-electron chi connectivity index (χ4n) is 3.30. The predicted octanol–water partition coefficient (Wildman–Crippen LogP) is 3.07. The van der Waals surface area contributed by atoms with Gasteiger partial charge < -0.3 is 9.88 Å². The third kappa shape index (κ3) is 4.38. The monoisotopic (exact) mass is 445 g/mol. The Balaban J connectivity index is 0.00000256. The Labute approximate surface area is 183 Å². The van der Waals surface area contributed by atoms with Gasteiger partial charge in [-0.2, -0.15) is 4.98 Å². The second-order valence-corrected chi connectivity index (χ2v) is 7.47. The van der Waals surface area contributed by atoms with Crippen molar-refractivity contribution in [3.8, 4) is 11.5 Å². The van der Waals surface area contributed by atoms with Gasteiger partial charge in [0.1, 0.15) is 0 Å². The zero-order chi connectivity index (χ0) is 20.5. The largest absolute Gasteiger partial charge is 0.349 e. The number of H-pyrrole nitrogens is 1. The molecule has 0 radical (unpaired) electrons. The van der Waals surface area contributed by atoms with Gasteiger partial charge in [-0.25, -0.2) is 9.78 Å². The smallest absolute Gasteiger partial charge is 0.321 e. The van der Waals surface area contributed by atoms with Crippen LogP contribution in [-0.4, -0.2) is 26.1 Å². The number of hydrogen-bond donors (Lipinski definition) is 2. The number of hydrogen-bond acceptors (Lipinski definition) is 5. The van der Waals surface area contributed by atoms with Crippen LogP contribution in [0.5, 0.6) is 0 Å². The van der Waals surface area contributed by atoms with Gasteiger partial charge in [0.05, 0.1) is 11.0 Å². The summed E-state index contributed by atoms with van der Waals surface area (Å²) in [4.78, 5) is 34.8. The van der Waals surface area contributed by atoms with E-state index >= 15 is 0 Å². The normalized spacial score (nSPS) is 11.0. The third-order valence-electron chi connectivity index (χ3n) is 4.98. The quantitative estimate of drug-likeness (QED) is 0.363. The van der Waals surface area contributed by atoms with Crippen LogP contribution in [0.1, 0.15) is 16.7 Å². The highest BCUT2D eigenvalue weighted by atomic mass is 35.5. The molecular formula is C21H21Cl2N5O2. The van der Waals surface area contributed by atoms with Crippen LogP contribution in [0.3, 0.4) is 0 Å². The molecule has 0 saturated carbocycles. The lowest BCUT2D eigenvalue weighted by Gasteiger charge is -2.18. The number of nitrogens with one attached hydrogen (secondary N) is 2. The number of aromatic nitrogens is 4. The van der Waals surface area contributed by atoms with E-state index in [0.717, 1.165) is 22.2 Å². The first kappa shape index (κ1) is 22.0. The molecule has 0 atom stereocenters. The van der Waals surface area contributed by atoms with Crippen LogP contribution in [0.2, 0.25) is 5.02 Å². The maximum atomic E-state index is 12.3. The summed E-state index contributed by atoms with van der Waals surface area (Å²) in [5.74, 6) is 0.294. The first-order valence-corrected chi connectivity index (χ1v) is 9.67. The van der Waals surface area contributed by atoms with Gasteiger partial charge in [-0.1, -0.05) is 23.7 Å². The topological polar surface area (TPSA) is 92.7 Å². The number of benzene rings is 2. The van der Waals surface area contributed by atoms with Crippen LogP contribution in [-0.2, 0) is 13.1 Å². The average Bonchev–Trinajstić information content (AvgIpc) is 2.68. The molecule has 0 spiro atoms. The van der Waals surface area contributed by atoms with Gasteiger partial charge in [0.25, 0.3) is 5.56 Å². The van der Waals surface area contributed by atoms with Crippen molar-refractivity contribution >= 4 is 35.0 Å². The van der Waals surface area contributed by atoms with Crippen LogP contribution in [0.4, 0.5) is 0 Å². The molecule has 0 unspecified atom stereocenters. The number of rotatable bonds is 5.